The first-order chi connectivity index (χ1) is 13.4. The Morgan fingerprint density at radius 3 is 2.54 bits per heavy atom. The number of benzene rings is 1. The minimum atomic E-state index is -0.162. The second-order valence-corrected chi connectivity index (χ2v) is 8.16. The van der Waals surface area contributed by atoms with Gasteiger partial charge < -0.3 is 10.6 Å². The molecule has 0 radical (unpaired) electrons. The minimum absolute atomic E-state index is 0.0390. The molecule has 0 fully saturated rings. The van der Waals surface area contributed by atoms with Crippen molar-refractivity contribution in [3.63, 3.8) is 0 Å². The topological polar surface area (TPSA) is 77.0 Å². The third-order valence-corrected chi connectivity index (χ3v) is 5.10. The Bertz CT molecular complexity index is 1010. The van der Waals surface area contributed by atoms with Gasteiger partial charge in [0.15, 0.2) is 0 Å². The molecule has 4 rings (SSSR count). The van der Waals surface area contributed by atoms with Crippen LogP contribution in [0.15, 0.2) is 65.7 Å². The maximum Gasteiger partial charge on any atom is 0.255 e. The standard InChI is InChI=1S/C22H25N5O/c1-22(2)14-26(13-18(23)16-6-4-3-5-7-16)21-25-19(12-20(28)27(21)15-22)17-8-10-24-11-9-17/h3-12,18H,13-15,23H2,1-2H3. The first kappa shape index (κ1) is 18.4. The van der Waals surface area contributed by atoms with Gasteiger partial charge in [0, 0.05) is 55.1 Å². The summed E-state index contributed by atoms with van der Waals surface area (Å²) >= 11 is 0. The molecule has 144 valence electrons. The predicted molar refractivity (Wildman–Crippen MR) is 111 cm³/mol. The van der Waals surface area contributed by atoms with Crippen molar-refractivity contribution in [2.75, 3.05) is 18.0 Å². The van der Waals surface area contributed by atoms with Gasteiger partial charge in [0.1, 0.15) is 0 Å². The van der Waals surface area contributed by atoms with E-state index in [9.17, 15) is 4.79 Å². The average Bonchev–Trinajstić information content (AvgIpc) is 2.69. The summed E-state index contributed by atoms with van der Waals surface area (Å²) < 4.78 is 1.77. The van der Waals surface area contributed by atoms with Gasteiger partial charge >= 0.3 is 0 Å². The number of anilines is 1. The van der Waals surface area contributed by atoms with Crippen molar-refractivity contribution in [2.24, 2.45) is 11.1 Å². The molecule has 1 aliphatic rings. The Labute approximate surface area is 164 Å². The summed E-state index contributed by atoms with van der Waals surface area (Å²) in [5.74, 6) is 0.685. The lowest BCUT2D eigenvalue weighted by Gasteiger charge is -2.41. The molecule has 6 heteroatoms. The summed E-state index contributed by atoms with van der Waals surface area (Å²) in [5, 5.41) is 0. The lowest BCUT2D eigenvalue weighted by Crippen LogP contribution is -2.49. The molecule has 0 bridgehead atoms. The smallest absolute Gasteiger partial charge is 0.255 e. The van der Waals surface area contributed by atoms with E-state index in [4.69, 9.17) is 10.7 Å². The van der Waals surface area contributed by atoms with Gasteiger partial charge in [-0.2, -0.15) is 0 Å². The van der Waals surface area contributed by atoms with Crippen LogP contribution in [0.4, 0.5) is 5.95 Å². The van der Waals surface area contributed by atoms with Gasteiger partial charge in [-0.25, -0.2) is 4.98 Å². The number of aromatic nitrogens is 3. The van der Waals surface area contributed by atoms with Crippen LogP contribution in [-0.2, 0) is 6.54 Å². The van der Waals surface area contributed by atoms with E-state index >= 15 is 0 Å². The Kier molecular flexibility index (Phi) is 4.73. The molecule has 2 N–H and O–H groups in total. The van der Waals surface area contributed by atoms with Gasteiger partial charge in [-0.1, -0.05) is 44.2 Å². The Morgan fingerprint density at radius 2 is 1.82 bits per heavy atom. The van der Waals surface area contributed by atoms with E-state index in [1.165, 1.54) is 0 Å². The highest BCUT2D eigenvalue weighted by molar-refractivity contribution is 5.59. The van der Waals surface area contributed by atoms with Crippen LogP contribution in [-0.4, -0.2) is 27.6 Å². The Hall–Kier alpha value is -2.99. The molecule has 3 aromatic rings. The van der Waals surface area contributed by atoms with Gasteiger partial charge in [0.05, 0.1) is 5.69 Å². The summed E-state index contributed by atoms with van der Waals surface area (Å²) in [5.41, 5.74) is 9.03. The van der Waals surface area contributed by atoms with Gasteiger partial charge in [-0.15, -0.1) is 0 Å². The van der Waals surface area contributed by atoms with Crippen molar-refractivity contribution in [1.82, 2.24) is 14.5 Å². The summed E-state index contributed by atoms with van der Waals surface area (Å²) in [6, 6.07) is 15.2. The zero-order chi connectivity index (χ0) is 19.7. The second-order valence-electron chi connectivity index (χ2n) is 8.16. The van der Waals surface area contributed by atoms with Crippen LogP contribution in [0.3, 0.4) is 0 Å². The van der Waals surface area contributed by atoms with Gasteiger partial charge in [-0.05, 0) is 17.7 Å². The Balaban J connectivity index is 1.74. The molecule has 1 atom stereocenters. The minimum Gasteiger partial charge on any atom is -0.340 e. The molecule has 0 amide bonds. The van der Waals surface area contributed by atoms with Gasteiger partial charge in [0.25, 0.3) is 5.56 Å². The molecule has 2 aromatic heterocycles. The van der Waals surface area contributed by atoms with E-state index in [0.717, 1.165) is 17.7 Å². The van der Waals surface area contributed by atoms with Crippen molar-refractivity contribution in [2.45, 2.75) is 26.4 Å². The summed E-state index contributed by atoms with van der Waals surface area (Å²) in [7, 11) is 0. The molecule has 1 aromatic carbocycles. The molecule has 0 spiro atoms. The van der Waals surface area contributed by atoms with Crippen LogP contribution in [0.25, 0.3) is 11.3 Å². The molecule has 0 saturated carbocycles. The molecule has 6 nitrogen and oxygen atoms in total. The van der Waals surface area contributed by atoms with E-state index in [1.54, 1.807) is 23.0 Å². The van der Waals surface area contributed by atoms with E-state index in [1.807, 2.05) is 42.5 Å². The molecule has 1 unspecified atom stereocenters. The largest absolute Gasteiger partial charge is 0.340 e. The number of rotatable bonds is 4. The predicted octanol–water partition coefficient (Wildman–Crippen LogP) is 2.85. The fourth-order valence-corrected chi connectivity index (χ4v) is 3.81. The monoisotopic (exact) mass is 375 g/mol. The number of hydrogen-bond acceptors (Lipinski definition) is 5. The van der Waals surface area contributed by atoms with Crippen LogP contribution >= 0.6 is 0 Å². The molecule has 3 heterocycles. The highest BCUT2D eigenvalue weighted by atomic mass is 16.1. The summed E-state index contributed by atoms with van der Waals surface area (Å²) in [6.07, 6.45) is 3.42. The maximum absolute atomic E-state index is 12.9. The van der Waals surface area contributed by atoms with E-state index in [2.05, 4.69) is 23.7 Å². The highest BCUT2D eigenvalue weighted by Crippen LogP contribution is 2.31. The average molecular weight is 375 g/mol. The highest BCUT2D eigenvalue weighted by Gasteiger charge is 2.33. The normalized spacial score (nSPS) is 16.5. The molecular weight excluding hydrogens is 350 g/mol. The number of fused-ring (bicyclic) bond motifs is 1. The van der Waals surface area contributed by atoms with Crippen molar-refractivity contribution >= 4 is 5.95 Å². The van der Waals surface area contributed by atoms with E-state index in [-0.39, 0.29) is 17.0 Å². The second kappa shape index (κ2) is 7.20. The molecule has 1 aliphatic heterocycles. The lowest BCUT2D eigenvalue weighted by molar-refractivity contribution is 0.272. The molecule has 0 saturated heterocycles. The third-order valence-electron chi connectivity index (χ3n) is 5.10. The molecular formula is C22H25N5O. The quantitative estimate of drug-likeness (QED) is 0.759. The van der Waals surface area contributed by atoms with Crippen molar-refractivity contribution in [3.05, 3.63) is 76.8 Å². The van der Waals surface area contributed by atoms with Gasteiger partial charge in [-0.3, -0.25) is 14.3 Å². The van der Waals surface area contributed by atoms with E-state index < -0.39 is 0 Å². The van der Waals surface area contributed by atoms with Crippen molar-refractivity contribution < 1.29 is 0 Å². The van der Waals surface area contributed by atoms with E-state index in [0.29, 0.717) is 24.7 Å². The van der Waals surface area contributed by atoms with Crippen molar-refractivity contribution in [1.29, 1.82) is 0 Å². The van der Waals surface area contributed by atoms with Crippen LogP contribution in [0, 0.1) is 5.41 Å². The first-order valence-corrected chi connectivity index (χ1v) is 9.51. The Morgan fingerprint density at radius 1 is 1.11 bits per heavy atom. The molecule has 0 aliphatic carbocycles. The number of pyridine rings is 1. The first-order valence-electron chi connectivity index (χ1n) is 9.51. The zero-order valence-electron chi connectivity index (χ0n) is 16.2. The van der Waals surface area contributed by atoms with Gasteiger partial charge in [0.2, 0.25) is 5.95 Å². The zero-order valence-corrected chi connectivity index (χ0v) is 16.2. The van der Waals surface area contributed by atoms with Crippen LogP contribution in [0.1, 0.15) is 25.5 Å². The summed E-state index contributed by atoms with van der Waals surface area (Å²) in [4.78, 5) is 23.9. The van der Waals surface area contributed by atoms with Crippen LogP contribution < -0.4 is 16.2 Å². The molecule has 28 heavy (non-hydrogen) atoms. The number of nitrogens with two attached hydrogens (primary N) is 1. The fourth-order valence-electron chi connectivity index (χ4n) is 3.81. The lowest BCUT2D eigenvalue weighted by atomic mass is 9.90. The number of nitrogens with zero attached hydrogens (tertiary/aromatic N) is 4. The maximum atomic E-state index is 12.9. The number of hydrogen-bond donors (Lipinski definition) is 1. The summed E-state index contributed by atoms with van der Waals surface area (Å²) in [6.45, 7) is 6.36. The SMILES string of the molecule is CC1(C)CN(CC(N)c2ccccc2)c2nc(-c3ccncc3)cc(=O)n2C1. The van der Waals surface area contributed by atoms with Crippen molar-refractivity contribution in [3.8, 4) is 11.3 Å². The fraction of sp³-hybridized carbons (Fsp3) is 0.318. The van der Waals surface area contributed by atoms with Crippen LogP contribution in [0.2, 0.25) is 0 Å². The third kappa shape index (κ3) is 3.68. The van der Waals surface area contributed by atoms with Crippen LogP contribution in [0.5, 0.6) is 0 Å².